The lowest BCUT2D eigenvalue weighted by molar-refractivity contribution is 0.0821. The SMILES string of the molecule is CC(C)CCC1(NC[C@@H](O)[C@H](Cc2ccccc2)NC(=O)c2ccccc2)CC1. The molecule has 3 rings (SSSR count). The van der Waals surface area contributed by atoms with Gasteiger partial charge < -0.3 is 15.7 Å². The molecule has 0 unspecified atom stereocenters. The van der Waals surface area contributed by atoms with Crippen LogP contribution in [0.5, 0.6) is 0 Å². The minimum Gasteiger partial charge on any atom is -0.390 e. The number of carbonyl (C=O) groups excluding carboxylic acids is 1. The number of benzene rings is 2. The number of nitrogens with one attached hydrogen (secondary N) is 2. The minimum atomic E-state index is -0.653. The third-order valence-corrected chi connectivity index (χ3v) is 5.86. The van der Waals surface area contributed by atoms with Crippen molar-refractivity contribution in [3.63, 3.8) is 0 Å². The summed E-state index contributed by atoms with van der Waals surface area (Å²) in [6, 6.07) is 18.9. The van der Waals surface area contributed by atoms with E-state index >= 15 is 0 Å². The van der Waals surface area contributed by atoms with Gasteiger partial charge in [0.25, 0.3) is 5.91 Å². The lowest BCUT2D eigenvalue weighted by atomic mass is 9.98. The molecule has 0 saturated heterocycles. The van der Waals surface area contributed by atoms with Gasteiger partial charge in [-0.05, 0) is 55.7 Å². The molecule has 1 amide bonds. The van der Waals surface area contributed by atoms with Crippen molar-refractivity contribution in [3.05, 3.63) is 71.8 Å². The average molecular weight is 395 g/mol. The summed E-state index contributed by atoms with van der Waals surface area (Å²) in [5.41, 5.74) is 1.90. The third-order valence-electron chi connectivity index (χ3n) is 5.86. The van der Waals surface area contributed by atoms with Crippen LogP contribution in [-0.2, 0) is 6.42 Å². The van der Waals surface area contributed by atoms with Crippen molar-refractivity contribution in [1.29, 1.82) is 0 Å². The van der Waals surface area contributed by atoms with E-state index in [1.807, 2.05) is 48.5 Å². The number of aliphatic hydroxyl groups excluding tert-OH is 1. The van der Waals surface area contributed by atoms with Gasteiger partial charge in [-0.25, -0.2) is 0 Å². The lowest BCUT2D eigenvalue weighted by Gasteiger charge is -2.27. The minimum absolute atomic E-state index is 0.147. The summed E-state index contributed by atoms with van der Waals surface area (Å²) in [6.07, 6.45) is 4.64. The van der Waals surface area contributed by atoms with Crippen LogP contribution in [0, 0.1) is 5.92 Å². The second-order valence-electron chi connectivity index (χ2n) is 8.80. The third kappa shape index (κ3) is 6.69. The molecule has 4 heteroatoms. The van der Waals surface area contributed by atoms with E-state index in [1.54, 1.807) is 12.1 Å². The number of aliphatic hydroxyl groups is 1. The van der Waals surface area contributed by atoms with Crippen LogP contribution >= 0.6 is 0 Å². The van der Waals surface area contributed by atoms with Gasteiger partial charge in [0.2, 0.25) is 0 Å². The van der Waals surface area contributed by atoms with Crippen molar-refractivity contribution in [3.8, 4) is 0 Å². The van der Waals surface area contributed by atoms with Gasteiger partial charge in [-0.3, -0.25) is 4.79 Å². The van der Waals surface area contributed by atoms with E-state index < -0.39 is 6.10 Å². The Hall–Kier alpha value is -2.17. The van der Waals surface area contributed by atoms with Crippen LogP contribution in [0.2, 0.25) is 0 Å². The van der Waals surface area contributed by atoms with Crippen LogP contribution in [0.25, 0.3) is 0 Å². The van der Waals surface area contributed by atoms with Crippen molar-refractivity contribution in [1.82, 2.24) is 10.6 Å². The van der Waals surface area contributed by atoms with Gasteiger partial charge in [-0.1, -0.05) is 62.4 Å². The normalized spacial score (nSPS) is 17.0. The number of amides is 1. The maximum absolute atomic E-state index is 12.7. The molecule has 0 bridgehead atoms. The van der Waals surface area contributed by atoms with Crippen LogP contribution in [0.15, 0.2) is 60.7 Å². The van der Waals surface area contributed by atoms with Crippen molar-refractivity contribution >= 4 is 5.91 Å². The summed E-state index contributed by atoms with van der Waals surface area (Å²) < 4.78 is 0. The van der Waals surface area contributed by atoms with E-state index in [-0.39, 0.29) is 17.5 Å². The van der Waals surface area contributed by atoms with Gasteiger partial charge in [0, 0.05) is 17.6 Å². The Morgan fingerprint density at radius 2 is 1.66 bits per heavy atom. The maximum atomic E-state index is 12.7. The number of carbonyl (C=O) groups is 1. The van der Waals surface area contributed by atoms with Crippen molar-refractivity contribution < 1.29 is 9.90 Å². The Balaban J connectivity index is 1.63. The topological polar surface area (TPSA) is 61.4 Å². The fraction of sp³-hybridized carbons (Fsp3) is 0.480. The average Bonchev–Trinajstić information content (AvgIpc) is 3.52. The standard InChI is InChI=1S/C25H34N2O2/c1-19(2)13-14-25(15-16-25)26-18-23(28)22(17-20-9-5-3-6-10-20)27-24(29)21-11-7-4-8-12-21/h3-12,19,22-23,26,28H,13-18H2,1-2H3,(H,27,29)/t22-,23+/m0/s1. The molecule has 29 heavy (non-hydrogen) atoms. The van der Waals surface area contributed by atoms with Crippen molar-refractivity contribution in [2.45, 2.75) is 63.6 Å². The molecule has 0 heterocycles. The van der Waals surface area contributed by atoms with Gasteiger partial charge >= 0.3 is 0 Å². The summed E-state index contributed by atoms with van der Waals surface area (Å²) in [6.45, 7) is 4.99. The first kappa shape index (κ1) is 21.5. The first-order chi connectivity index (χ1) is 14.0. The molecule has 2 aromatic rings. The van der Waals surface area contributed by atoms with Gasteiger partial charge in [-0.15, -0.1) is 0 Å². The molecule has 4 nitrogen and oxygen atoms in total. The van der Waals surface area contributed by atoms with Crippen LogP contribution < -0.4 is 10.6 Å². The quantitative estimate of drug-likeness (QED) is 0.541. The lowest BCUT2D eigenvalue weighted by Crippen LogP contribution is -2.50. The first-order valence-electron chi connectivity index (χ1n) is 10.8. The van der Waals surface area contributed by atoms with Crippen LogP contribution in [0.3, 0.4) is 0 Å². The second kappa shape index (κ2) is 10.0. The monoisotopic (exact) mass is 394 g/mol. The Kier molecular flexibility index (Phi) is 7.45. The predicted molar refractivity (Wildman–Crippen MR) is 118 cm³/mol. The highest BCUT2D eigenvalue weighted by Gasteiger charge is 2.42. The molecule has 0 aliphatic heterocycles. The molecule has 1 aliphatic carbocycles. The zero-order valence-electron chi connectivity index (χ0n) is 17.6. The first-order valence-corrected chi connectivity index (χ1v) is 10.8. The smallest absolute Gasteiger partial charge is 0.251 e. The molecule has 1 aliphatic rings. The Labute approximate surface area is 174 Å². The summed E-state index contributed by atoms with van der Waals surface area (Å²) in [5.74, 6) is 0.543. The number of rotatable bonds is 11. The zero-order valence-corrected chi connectivity index (χ0v) is 17.6. The molecule has 0 radical (unpaired) electrons. The van der Waals surface area contributed by atoms with E-state index in [9.17, 15) is 9.90 Å². The van der Waals surface area contributed by atoms with Gasteiger partial charge in [0.1, 0.15) is 0 Å². The van der Waals surface area contributed by atoms with E-state index in [2.05, 4.69) is 24.5 Å². The van der Waals surface area contributed by atoms with Gasteiger partial charge in [0.15, 0.2) is 0 Å². The van der Waals surface area contributed by atoms with Crippen molar-refractivity contribution in [2.75, 3.05) is 6.54 Å². The molecular weight excluding hydrogens is 360 g/mol. The van der Waals surface area contributed by atoms with Crippen LogP contribution in [0.4, 0.5) is 0 Å². The highest BCUT2D eigenvalue weighted by molar-refractivity contribution is 5.94. The molecular formula is C25H34N2O2. The molecule has 156 valence electrons. The number of β-amino-alcohol motifs (C(OH)–C–C–N with tert-alkyl or cyclic N) is 1. The molecule has 1 fully saturated rings. The van der Waals surface area contributed by atoms with Gasteiger partial charge in [0.05, 0.1) is 12.1 Å². The second-order valence-corrected chi connectivity index (χ2v) is 8.80. The predicted octanol–water partition coefficient (Wildman–Crippen LogP) is 3.95. The highest BCUT2D eigenvalue weighted by atomic mass is 16.3. The van der Waals surface area contributed by atoms with Crippen LogP contribution in [0.1, 0.15) is 55.5 Å². The summed E-state index contributed by atoms with van der Waals surface area (Å²) in [4.78, 5) is 12.7. The van der Waals surface area contributed by atoms with E-state index in [0.717, 1.165) is 12.0 Å². The highest BCUT2D eigenvalue weighted by Crippen LogP contribution is 2.40. The van der Waals surface area contributed by atoms with Crippen LogP contribution in [-0.4, -0.2) is 35.2 Å². The largest absolute Gasteiger partial charge is 0.390 e. The Bertz CT molecular complexity index is 757. The number of hydrogen-bond donors (Lipinski definition) is 3. The zero-order chi connectivity index (χ0) is 20.7. The molecule has 0 spiro atoms. The fourth-order valence-corrected chi connectivity index (χ4v) is 3.69. The Morgan fingerprint density at radius 3 is 2.24 bits per heavy atom. The summed E-state index contributed by atoms with van der Waals surface area (Å²) in [7, 11) is 0. The molecule has 3 N–H and O–H groups in total. The molecule has 2 atom stereocenters. The van der Waals surface area contributed by atoms with E-state index in [4.69, 9.17) is 0 Å². The van der Waals surface area contributed by atoms with E-state index in [0.29, 0.717) is 24.4 Å². The summed E-state index contributed by atoms with van der Waals surface area (Å²) in [5, 5.41) is 17.6. The fourth-order valence-electron chi connectivity index (χ4n) is 3.69. The number of hydrogen-bond acceptors (Lipinski definition) is 3. The molecule has 1 saturated carbocycles. The molecule has 2 aromatic carbocycles. The maximum Gasteiger partial charge on any atom is 0.251 e. The van der Waals surface area contributed by atoms with Crippen molar-refractivity contribution in [2.24, 2.45) is 5.92 Å². The van der Waals surface area contributed by atoms with Gasteiger partial charge in [-0.2, -0.15) is 0 Å². The van der Waals surface area contributed by atoms with E-state index in [1.165, 1.54) is 19.3 Å². The molecule has 0 aromatic heterocycles. The summed E-state index contributed by atoms with van der Waals surface area (Å²) >= 11 is 0. The Morgan fingerprint density at radius 1 is 1.03 bits per heavy atom.